The maximum absolute atomic E-state index is 14.0. The quantitative estimate of drug-likeness (QED) is 0.402. The Kier molecular flexibility index (Phi) is 6.24. The number of benzene rings is 3. The van der Waals surface area contributed by atoms with Crippen LogP contribution in [0.5, 0.6) is 0 Å². The van der Waals surface area contributed by atoms with Crippen LogP contribution in [0.1, 0.15) is 27.2 Å². The van der Waals surface area contributed by atoms with Crippen molar-refractivity contribution in [2.24, 2.45) is 0 Å². The zero-order valence-electron chi connectivity index (χ0n) is 17.9. The Morgan fingerprint density at radius 2 is 1.62 bits per heavy atom. The minimum atomic E-state index is -0.403. The highest BCUT2D eigenvalue weighted by Crippen LogP contribution is 2.30. The number of aromatic nitrogens is 1. The number of hydrogen-bond donors (Lipinski definition) is 1. The lowest BCUT2D eigenvalue weighted by molar-refractivity contribution is 0.0984. The summed E-state index contributed by atoms with van der Waals surface area (Å²) in [5.41, 5.74) is 4.28. The van der Waals surface area contributed by atoms with Gasteiger partial charge in [0.2, 0.25) is 0 Å². The van der Waals surface area contributed by atoms with Crippen molar-refractivity contribution in [3.63, 3.8) is 0 Å². The van der Waals surface area contributed by atoms with Crippen molar-refractivity contribution in [2.75, 3.05) is 4.90 Å². The van der Waals surface area contributed by atoms with Crippen LogP contribution in [0.4, 0.5) is 5.69 Å². The topological polar surface area (TPSA) is 53.2 Å². The predicted octanol–water partition coefficient (Wildman–Crippen LogP) is 6.16. The molecule has 0 saturated heterocycles. The van der Waals surface area contributed by atoms with Crippen molar-refractivity contribution < 1.29 is 4.79 Å². The van der Waals surface area contributed by atoms with Gasteiger partial charge in [0.15, 0.2) is 5.43 Å². The average molecular weight is 443 g/mol. The average Bonchev–Trinajstić information content (AvgIpc) is 2.78. The predicted molar refractivity (Wildman–Crippen MR) is 130 cm³/mol. The van der Waals surface area contributed by atoms with E-state index in [0.29, 0.717) is 22.1 Å². The van der Waals surface area contributed by atoms with Crippen molar-refractivity contribution in [1.82, 2.24) is 4.98 Å². The number of halogens is 1. The van der Waals surface area contributed by atoms with E-state index in [9.17, 15) is 9.59 Å². The number of aromatic amines is 1. The molecule has 0 aliphatic carbocycles. The van der Waals surface area contributed by atoms with Crippen LogP contribution >= 0.6 is 11.6 Å². The SMILES string of the molecule is Cc1cccc(-c2[nH]c(C)cc(=O)c2C(=O)N(Cc2ccccc2)c2ccccc2Cl)c1. The number of aryl methyl sites for hydroxylation is 2. The van der Waals surface area contributed by atoms with Crippen molar-refractivity contribution >= 4 is 23.2 Å². The summed E-state index contributed by atoms with van der Waals surface area (Å²) in [6.45, 7) is 4.07. The van der Waals surface area contributed by atoms with Gasteiger partial charge in [-0.3, -0.25) is 9.59 Å². The number of hydrogen-bond acceptors (Lipinski definition) is 2. The van der Waals surface area contributed by atoms with E-state index >= 15 is 0 Å². The molecule has 32 heavy (non-hydrogen) atoms. The van der Waals surface area contributed by atoms with Crippen molar-refractivity contribution in [3.8, 4) is 11.3 Å². The first-order valence-electron chi connectivity index (χ1n) is 10.4. The van der Waals surface area contributed by atoms with Crippen LogP contribution in [0.2, 0.25) is 5.02 Å². The number of pyridine rings is 1. The second kappa shape index (κ2) is 9.25. The van der Waals surface area contributed by atoms with Gasteiger partial charge in [0.05, 0.1) is 22.9 Å². The van der Waals surface area contributed by atoms with Crippen molar-refractivity contribution in [3.05, 3.63) is 123 Å². The van der Waals surface area contributed by atoms with E-state index < -0.39 is 5.91 Å². The van der Waals surface area contributed by atoms with Gasteiger partial charge in [-0.05, 0) is 43.2 Å². The Morgan fingerprint density at radius 1 is 0.906 bits per heavy atom. The van der Waals surface area contributed by atoms with Crippen molar-refractivity contribution in [1.29, 1.82) is 0 Å². The number of para-hydroxylation sites is 1. The summed E-state index contributed by atoms with van der Waals surface area (Å²) in [6, 6.07) is 26.0. The lowest BCUT2D eigenvalue weighted by Crippen LogP contribution is -2.35. The van der Waals surface area contributed by atoms with E-state index in [-0.39, 0.29) is 17.5 Å². The molecule has 1 N–H and O–H groups in total. The van der Waals surface area contributed by atoms with E-state index in [1.807, 2.05) is 80.6 Å². The van der Waals surface area contributed by atoms with Gasteiger partial charge in [0.1, 0.15) is 5.56 Å². The number of amides is 1. The molecule has 0 bridgehead atoms. The number of rotatable bonds is 5. The largest absolute Gasteiger partial charge is 0.358 e. The van der Waals surface area contributed by atoms with E-state index in [2.05, 4.69) is 4.98 Å². The van der Waals surface area contributed by atoms with Gasteiger partial charge >= 0.3 is 0 Å². The zero-order valence-corrected chi connectivity index (χ0v) is 18.7. The molecular formula is C27H23ClN2O2. The molecule has 0 fully saturated rings. The zero-order chi connectivity index (χ0) is 22.7. The van der Waals surface area contributed by atoms with Crippen molar-refractivity contribution in [2.45, 2.75) is 20.4 Å². The molecule has 0 radical (unpaired) electrons. The molecule has 4 aromatic rings. The third kappa shape index (κ3) is 4.51. The van der Waals surface area contributed by atoms with Gasteiger partial charge in [-0.15, -0.1) is 0 Å². The summed E-state index contributed by atoms with van der Waals surface area (Å²) < 4.78 is 0. The summed E-state index contributed by atoms with van der Waals surface area (Å²) >= 11 is 6.48. The summed E-state index contributed by atoms with van der Waals surface area (Å²) in [5, 5.41) is 0.442. The number of H-pyrrole nitrogens is 1. The second-order valence-corrected chi connectivity index (χ2v) is 8.17. The number of carbonyl (C=O) groups excluding carboxylic acids is 1. The Hall–Kier alpha value is -3.63. The maximum Gasteiger partial charge on any atom is 0.264 e. The third-order valence-corrected chi connectivity index (χ3v) is 5.58. The fraction of sp³-hybridized carbons (Fsp3) is 0.111. The van der Waals surface area contributed by atoms with Crippen LogP contribution < -0.4 is 10.3 Å². The highest BCUT2D eigenvalue weighted by atomic mass is 35.5. The molecule has 0 aliphatic rings. The van der Waals surface area contributed by atoms with E-state index in [4.69, 9.17) is 11.6 Å². The van der Waals surface area contributed by atoms with Gasteiger partial charge in [-0.25, -0.2) is 0 Å². The third-order valence-electron chi connectivity index (χ3n) is 5.26. The van der Waals surface area contributed by atoms with Gasteiger partial charge in [-0.2, -0.15) is 0 Å². The highest BCUT2D eigenvalue weighted by molar-refractivity contribution is 6.34. The summed E-state index contributed by atoms with van der Waals surface area (Å²) in [4.78, 5) is 31.9. The van der Waals surface area contributed by atoms with Crippen LogP contribution in [0.3, 0.4) is 0 Å². The number of nitrogens with zero attached hydrogens (tertiary/aromatic N) is 1. The fourth-order valence-electron chi connectivity index (χ4n) is 3.76. The molecule has 4 rings (SSSR count). The lowest BCUT2D eigenvalue weighted by atomic mass is 10.0. The van der Waals surface area contributed by atoms with E-state index in [1.54, 1.807) is 17.0 Å². The van der Waals surface area contributed by atoms with Crippen LogP contribution in [-0.4, -0.2) is 10.9 Å². The monoisotopic (exact) mass is 442 g/mol. The second-order valence-electron chi connectivity index (χ2n) is 7.76. The minimum absolute atomic E-state index is 0.0945. The first-order chi connectivity index (χ1) is 15.4. The van der Waals surface area contributed by atoms with Gasteiger partial charge in [-0.1, -0.05) is 77.8 Å². The minimum Gasteiger partial charge on any atom is -0.358 e. The molecule has 1 aromatic heterocycles. The van der Waals surface area contributed by atoms with Gasteiger partial charge in [0, 0.05) is 11.8 Å². The Morgan fingerprint density at radius 3 is 2.34 bits per heavy atom. The lowest BCUT2D eigenvalue weighted by Gasteiger charge is -2.25. The highest BCUT2D eigenvalue weighted by Gasteiger charge is 2.26. The Labute approximate surface area is 192 Å². The Bertz CT molecular complexity index is 1330. The molecule has 0 saturated carbocycles. The molecule has 0 atom stereocenters. The summed E-state index contributed by atoms with van der Waals surface area (Å²) in [6.07, 6.45) is 0. The van der Waals surface area contributed by atoms with Gasteiger partial charge in [0.25, 0.3) is 5.91 Å². The fourth-order valence-corrected chi connectivity index (χ4v) is 3.99. The normalized spacial score (nSPS) is 10.7. The van der Waals surface area contributed by atoms with Crippen LogP contribution in [0, 0.1) is 13.8 Å². The molecule has 160 valence electrons. The standard InChI is InChI=1S/C27H23ClN2O2/c1-18-9-8-12-21(15-18)26-25(24(31)16-19(2)29-26)27(32)30(17-20-10-4-3-5-11-20)23-14-7-6-13-22(23)28/h3-16H,17H2,1-2H3,(H,29,31). The number of anilines is 1. The molecule has 0 spiro atoms. The number of carbonyl (C=O) groups is 1. The van der Waals surface area contributed by atoms with Crippen LogP contribution in [0.15, 0.2) is 89.7 Å². The summed E-state index contributed by atoms with van der Waals surface area (Å²) in [7, 11) is 0. The molecule has 1 heterocycles. The van der Waals surface area contributed by atoms with Crippen LogP contribution in [-0.2, 0) is 6.54 Å². The number of nitrogens with one attached hydrogen (secondary N) is 1. The first kappa shape index (κ1) is 21.6. The van der Waals surface area contributed by atoms with Crippen LogP contribution in [0.25, 0.3) is 11.3 Å². The molecule has 0 unspecified atom stereocenters. The molecule has 3 aromatic carbocycles. The molecule has 4 nitrogen and oxygen atoms in total. The van der Waals surface area contributed by atoms with E-state index in [0.717, 1.165) is 16.7 Å². The van der Waals surface area contributed by atoms with Gasteiger partial charge < -0.3 is 9.88 Å². The Balaban J connectivity index is 1.89. The summed E-state index contributed by atoms with van der Waals surface area (Å²) in [5.74, 6) is -0.403. The molecule has 5 heteroatoms. The smallest absolute Gasteiger partial charge is 0.264 e. The molecule has 0 aliphatic heterocycles. The van der Waals surface area contributed by atoms with E-state index in [1.165, 1.54) is 6.07 Å². The molecule has 1 amide bonds. The maximum atomic E-state index is 14.0. The first-order valence-corrected chi connectivity index (χ1v) is 10.7. The molecular weight excluding hydrogens is 420 g/mol.